The number of carboxylic acid groups (broad SMARTS) is 1. The van der Waals surface area contributed by atoms with Crippen molar-refractivity contribution in [3.8, 4) is 0 Å². The zero-order valence-electron chi connectivity index (χ0n) is 10.3. The molecule has 0 aromatic rings. The van der Waals surface area contributed by atoms with Gasteiger partial charge in [0, 0.05) is 37.1 Å². The summed E-state index contributed by atoms with van der Waals surface area (Å²) in [6.45, 7) is 6.04. The summed E-state index contributed by atoms with van der Waals surface area (Å²) in [6.07, 6.45) is 0.580. The normalized spacial score (nSPS) is 24.9. The molecule has 1 aliphatic heterocycles. The first kappa shape index (κ1) is 13.8. The highest BCUT2D eigenvalue weighted by molar-refractivity contribution is 5.79. The van der Waals surface area contributed by atoms with Crippen molar-refractivity contribution >= 4 is 5.97 Å². The molecule has 7 nitrogen and oxygen atoms in total. The second-order valence-corrected chi connectivity index (χ2v) is 4.58. The van der Waals surface area contributed by atoms with E-state index in [2.05, 4.69) is 34.1 Å². The van der Waals surface area contributed by atoms with E-state index in [0.29, 0.717) is 25.6 Å². The van der Waals surface area contributed by atoms with Gasteiger partial charge in [0.15, 0.2) is 0 Å². The number of likely N-dealkylation sites (tertiary alicyclic amines) is 1. The van der Waals surface area contributed by atoms with Gasteiger partial charge in [-0.05, 0) is 25.8 Å². The molecule has 0 spiro atoms. The number of nitrogens with one attached hydrogen (secondary N) is 1. The van der Waals surface area contributed by atoms with Crippen LogP contribution in [0.1, 0.15) is 20.3 Å². The molecule has 0 radical (unpaired) electrons. The fourth-order valence-electron chi connectivity index (χ4n) is 2.06. The third-order valence-electron chi connectivity index (χ3n) is 3.18. The van der Waals surface area contributed by atoms with Crippen molar-refractivity contribution in [1.82, 2.24) is 10.2 Å². The van der Waals surface area contributed by atoms with Crippen molar-refractivity contribution in [2.45, 2.75) is 31.8 Å². The molecule has 1 aliphatic rings. The highest BCUT2D eigenvalue weighted by Crippen LogP contribution is 2.23. The van der Waals surface area contributed by atoms with Gasteiger partial charge in [-0.2, -0.15) is 0 Å². The Bertz CT molecular complexity index is 327. The van der Waals surface area contributed by atoms with Gasteiger partial charge in [-0.25, -0.2) is 0 Å². The van der Waals surface area contributed by atoms with Crippen LogP contribution >= 0.6 is 0 Å². The van der Waals surface area contributed by atoms with Gasteiger partial charge in [0.2, 0.25) is 0 Å². The molecule has 17 heavy (non-hydrogen) atoms. The monoisotopic (exact) mass is 241 g/mol. The zero-order chi connectivity index (χ0) is 12.9. The maximum absolute atomic E-state index is 11.4. The van der Waals surface area contributed by atoms with E-state index in [0.717, 1.165) is 6.54 Å². The Morgan fingerprint density at radius 3 is 2.88 bits per heavy atom. The topological polar surface area (TPSA) is 101 Å². The number of aliphatic carboxylic acids is 1. The van der Waals surface area contributed by atoms with E-state index in [1.807, 2.05) is 0 Å². The van der Waals surface area contributed by atoms with Crippen LogP contribution in [0.3, 0.4) is 0 Å². The fourth-order valence-corrected chi connectivity index (χ4v) is 2.06. The van der Waals surface area contributed by atoms with E-state index in [-0.39, 0.29) is 6.54 Å². The summed E-state index contributed by atoms with van der Waals surface area (Å²) in [6, 6.07) is 0.343. The maximum Gasteiger partial charge on any atom is 0.325 e. The quantitative estimate of drug-likeness (QED) is 0.311. The van der Waals surface area contributed by atoms with Crippen LogP contribution in [0.4, 0.5) is 0 Å². The molecule has 1 fully saturated rings. The van der Waals surface area contributed by atoms with E-state index in [1.54, 1.807) is 0 Å². The Labute approximate surface area is 100 Å². The number of nitrogens with zero attached hydrogens (tertiary/aromatic N) is 4. The van der Waals surface area contributed by atoms with E-state index < -0.39 is 11.5 Å². The molecule has 0 aliphatic carbocycles. The van der Waals surface area contributed by atoms with Crippen LogP contribution in [0.5, 0.6) is 0 Å². The minimum Gasteiger partial charge on any atom is -0.480 e. The third kappa shape index (κ3) is 3.33. The molecular formula is C10H19N5O2. The van der Waals surface area contributed by atoms with Crippen molar-refractivity contribution in [3.63, 3.8) is 0 Å². The lowest BCUT2D eigenvalue weighted by Crippen LogP contribution is -2.55. The molecule has 1 saturated heterocycles. The van der Waals surface area contributed by atoms with Crippen LogP contribution in [0.2, 0.25) is 0 Å². The molecule has 0 aromatic heterocycles. The molecule has 2 N–H and O–H groups in total. The Morgan fingerprint density at radius 1 is 1.71 bits per heavy atom. The van der Waals surface area contributed by atoms with Crippen LogP contribution in [-0.2, 0) is 4.79 Å². The molecule has 0 bridgehead atoms. The van der Waals surface area contributed by atoms with Gasteiger partial charge in [0.1, 0.15) is 5.54 Å². The maximum atomic E-state index is 11.4. The smallest absolute Gasteiger partial charge is 0.325 e. The Balaban J connectivity index is 2.59. The molecular weight excluding hydrogens is 222 g/mol. The summed E-state index contributed by atoms with van der Waals surface area (Å²) in [4.78, 5) is 16.1. The van der Waals surface area contributed by atoms with Crippen molar-refractivity contribution in [2.24, 2.45) is 5.11 Å². The lowest BCUT2D eigenvalue weighted by atomic mass is 9.99. The third-order valence-corrected chi connectivity index (χ3v) is 3.18. The van der Waals surface area contributed by atoms with Gasteiger partial charge in [-0.1, -0.05) is 5.11 Å². The Morgan fingerprint density at radius 2 is 2.41 bits per heavy atom. The van der Waals surface area contributed by atoms with Crippen LogP contribution < -0.4 is 5.32 Å². The van der Waals surface area contributed by atoms with Gasteiger partial charge < -0.3 is 10.4 Å². The summed E-state index contributed by atoms with van der Waals surface area (Å²) < 4.78 is 0. The average Bonchev–Trinajstić information content (AvgIpc) is 2.70. The molecule has 1 unspecified atom stereocenters. The predicted octanol–water partition coefficient (Wildman–Crippen LogP) is 0.824. The SMILES string of the molecule is CC(C)N1CCC(NCCN=[N+]=[N-])(C(=O)O)C1. The number of carbonyl (C=O) groups is 1. The van der Waals surface area contributed by atoms with Gasteiger partial charge in [-0.15, -0.1) is 0 Å². The first-order valence-corrected chi connectivity index (χ1v) is 5.75. The summed E-state index contributed by atoms with van der Waals surface area (Å²) >= 11 is 0. The van der Waals surface area contributed by atoms with Crippen LogP contribution in [0.25, 0.3) is 10.4 Å². The highest BCUT2D eigenvalue weighted by atomic mass is 16.4. The second kappa shape index (κ2) is 5.86. The zero-order valence-corrected chi connectivity index (χ0v) is 10.3. The number of carboxylic acids is 1. The van der Waals surface area contributed by atoms with Crippen molar-refractivity contribution in [3.05, 3.63) is 10.4 Å². The fraction of sp³-hybridized carbons (Fsp3) is 0.900. The summed E-state index contributed by atoms with van der Waals surface area (Å²) in [5.41, 5.74) is 7.26. The second-order valence-electron chi connectivity index (χ2n) is 4.58. The molecule has 96 valence electrons. The molecule has 0 saturated carbocycles. The van der Waals surface area contributed by atoms with Gasteiger partial charge >= 0.3 is 5.97 Å². The Kier molecular flexibility index (Phi) is 4.74. The Hall–Kier alpha value is -1.30. The number of rotatable bonds is 6. The molecule has 0 aromatic carbocycles. The highest BCUT2D eigenvalue weighted by Gasteiger charge is 2.44. The molecule has 0 amide bonds. The van der Waals surface area contributed by atoms with E-state index in [4.69, 9.17) is 5.53 Å². The van der Waals surface area contributed by atoms with Crippen LogP contribution in [0, 0.1) is 0 Å². The molecule has 1 atom stereocenters. The molecule has 1 heterocycles. The first-order valence-electron chi connectivity index (χ1n) is 5.75. The van der Waals surface area contributed by atoms with Gasteiger partial charge in [-0.3, -0.25) is 9.69 Å². The van der Waals surface area contributed by atoms with Gasteiger partial charge in [0.25, 0.3) is 0 Å². The number of hydrogen-bond acceptors (Lipinski definition) is 4. The number of hydrogen-bond donors (Lipinski definition) is 2. The summed E-state index contributed by atoms with van der Waals surface area (Å²) in [5, 5.41) is 15.7. The molecule has 7 heteroatoms. The van der Waals surface area contributed by atoms with E-state index >= 15 is 0 Å². The number of azide groups is 1. The minimum atomic E-state index is -0.894. The van der Waals surface area contributed by atoms with Gasteiger partial charge in [0.05, 0.1) is 0 Å². The van der Waals surface area contributed by atoms with Crippen molar-refractivity contribution < 1.29 is 9.90 Å². The summed E-state index contributed by atoms with van der Waals surface area (Å²) in [7, 11) is 0. The van der Waals surface area contributed by atoms with Crippen molar-refractivity contribution in [2.75, 3.05) is 26.2 Å². The van der Waals surface area contributed by atoms with Crippen molar-refractivity contribution in [1.29, 1.82) is 0 Å². The first-order chi connectivity index (χ1) is 8.02. The van der Waals surface area contributed by atoms with Crippen LogP contribution in [-0.4, -0.2) is 53.7 Å². The summed E-state index contributed by atoms with van der Waals surface area (Å²) in [5.74, 6) is -0.832. The van der Waals surface area contributed by atoms with E-state index in [9.17, 15) is 9.90 Å². The lowest BCUT2D eigenvalue weighted by Gasteiger charge is -2.27. The lowest BCUT2D eigenvalue weighted by molar-refractivity contribution is -0.144. The largest absolute Gasteiger partial charge is 0.480 e. The predicted molar refractivity (Wildman–Crippen MR) is 63.7 cm³/mol. The standard InChI is InChI=1S/C10H19N5O2/c1-8(2)15-6-3-10(7-15,9(16)17)12-4-5-13-14-11/h8,12H,3-7H2,1-2H3,(H,16,17). The van der Waals surface area contributed by atoms with E-state index in [1.165, 1.54) is 0 Å². The minimum absolute atomic E-state index is 0.271. The molecule has 1 rings (SSSR count). The van der Waals surface area contributed by atoms with Crippen LogP contribution in [0.15, 0.2) is 5.11 Å². The average molecular weight is 241 g/mol.